The van der Waals surface area contributed by atoms with E-state index in [-0.39, 0.29) is 30.9 Å². The standard InChI is InChI=1S/C25H19NO6/c1-16(27)32-20-12-10-18(11-13-20)17-6-8-19(9-7-17)25(30)31-15-14-26-23(28)21-4-2-3-5-22(21)24(26)29/h2-13H,14-15H2,1H3. The molecule has 0 unspecified atom stereocenters. The van der Waals surface area contributed by atoms with Crippen LogP contribution in [-0.4, -0.2) is 41.8 Å². The van der Waals surface area contributed by atoms with Crippen LogP contribution in [0.4, 0.5) is 0 Å². The molecule has 0 saturated heterocycles. The molecule has 0 saturated carbocycles. The fourth-order valence-corrected chi connectivity index (χ4v) is 3.44. The molecule has 160 valence electrons. The van der Waals surface area contributed by atoms with Crippen LogP contribution in [-0.2, 0) is 9.53 Å². The van der Waals surface area contributed by atoms with Crippen molar-refractivity contribution in [2.45, 2.75) is 6.92 Å². The van der Waals surface area contributed by atoms with Gasteiger partial charge in [0.1, 0.15) is 12.4 Å². The molecule has 0 fully saturated rings. The molecule has 0 N–H and O–H groups in total. The lowest BCUT2D eigenvalue weighted by Crippen LogP contribution is -2.33. The number of imide groups is 1. The summed E-state index contributed by atoms with van der Waals surface area (Å²) in [5.74, 6) is -1.24. The maximum Gasteiger partial charge on any atom is 0.338 e. The van der Waals surface area contributed by atoms with Crippen LogP contribution in [0.1, 0.15) is 38.0 Å². The average molecular weight is 429 g/mol. The molecule has 0 radical (unpaired) electrons. The van der Waals surface area contributed by atoms with Crippen LogP contribution in [0, 0.1) is 0 Å². The van der Waals surface area contributed by atoms with E-state index in [9.17, 15) is 19.2 Å². The highest BCUT2D eigenvalue weighted by molar-refractivity contribution is 6.21. The SMILES string of the molecule is CC(=O)Oc1ccc(-c2ccc(C(=O)OCCN3C(=O)c4ccccc4C3=O)cc2)cc1. The van der Waals surface area contributed by atoms with Crippen molar-refractivity contribution in [2.75, 3.05) is 13.2 Å². The summed E-state index contributed by atoms with van der Waals surface area (Å²) in [7, 11) is 0. The Morgan fingerprint density at radius 2 is 1.31 bits per heavy atom. The van der Waals surface area contributed by atoms with E-state index in [0.29, 0.717) is 22.4 Å². The van der Waals surface area contributed by atoms with Gasteiger partial charge in [0.15, 0.2) is 0 Å². The Labute approximate surface area is 184 Å². The summed E-state index contributed by atoms with van der Waals surface area (Å²) in [5.41, 5.74) is 2.85. The summed E-state index contributed by atoms with van der Waals surface area (Å²) in [5, 5.41) is 0. The minimum atomic E-state index is -0.543. The third kappa shape index (κ3) is 4.27. The van der Waals surface area contributed by atoms with Crippen LogP contribution in [0.25, 0.3) is 11.1 Å². The second-order valence-electron chi connectivity index (χ2n) is 7.14. The summed E-state index contributed by atoms with van der Waals surface area (Å²) < 4.78 is 10.3. The molecule has 0 spiro atoms. The predicted octanol–water partition coefficient (Wildman–Crippen LogP) is 3.73. The van der Waals surface area contributed by atoms with Crippen LogP contribution >= 0.6 is 0 Å². The Hall–Kier alpha value is -4.26. The van der Waals surface area contributed by atoms with E-state index in [1.165, 1.54) is 6.92 Å². The van der Waals surface area contributed by atoms with E-state index in [1.54, 1.807) is 60.7 Å². The highest BCUT2D eigenvalue weighted by atomic mass is 16.5. The number of carbonyl (C=O) groups excluding carboxylic acids is 4. The van der Waals surface area contributed by atoms with Gasteiger partial charge < -0.3 is 9.47 Å². The highest BCUT2D eigenvalue weighted by Gasteiger charge is 2.34. The van der Waals surface area contributed by atoms with Gasteiger partial charge in [-0.05, 0) is 47.5 Å². The monoisotopic (exact) mass is 429 g/mol. The first-order valence-corrected chi connectivity index (χ1v) is 9.95. The molecule has 0 bridgehead atoms. The number of amides is 2. The van der Waals surface area contributed by atoms with E-state index in [0.717, 1.165) is 16.0 Å². The van der Waals surface area contributed by atoms with Gasteiger partial charge in [0.2, 0.25) is 0 Å². The summed E-state index contributed by atoms with van der Waals surface area (Å²) in [6.45, 7) is 1.24. The second kappa shape index (κ2) is 8.85. The van der Waals surface area contributed by atoms with Gasteiger partial charge in [0.25, 0.3) is 11.8 Å². The molecule has 3 aromatic carbocycles. The topological polar surface area (TPSA) is 90.0 Å². The zero-order valence-corrected chi connectivity index (χ0v) is 17.2. The summed E-state index contributed by atoms with van der Waals surface area (Å²) in [6, 6.07) is 20.5. The molecule has 0 aliphatic carbocycles. The van der Waals surface area contributed by atoms with Crippen molar-refractivity contribution in [2.24, 2.45) is 0 Å². The minimum Gasteiger partial charge on any atom is -0.460 e. The molecule has 32 heavy (non-hydrogen) atoms. The normalized spacial score (nSPS) is 12.5. The van der Waals surface area contributed by atoms with E-state index in [4.69, 9.17) is 9.47 Å². The number of rotatable bonds is 6. The molecule has 0 atom stereocenters. The number of carbonyl (C=O) groups is 4. The fourth-order valence-electron chi connectivity index (χ4n) is 3.44. The molecule has 2 amide bonds. The maximum absolute atomic E-state index is 12.3. The molecule has 1 aliphatic rings. The van der Waals surface area contributed by atoms with Crippen LogP contribution < -0.4 is 4.74 Å². The largest absolute Gasteiger partial charge is 0.460 e. The van der Waals surface area contributed by atoms with Crippen molar-refractivity contribution in [1.82, 2.24) is 4.90 Å². The number of hydrogen-bond donors (Lipinski definition) is 0. The third-order valence-corrected chi connectivity index (χ3v) is 5.00. The Morgan fingerprint density at radius 1 is 0.781 bits per heavy atom. The summed E-state index contributed by atoms with van der Waals surface area (Å²) >= 11 is 0. The first-order chi connectivity index (χ1) is 15.4. The quantitative estimate of drug-likeness (QED) is 0.337. The van der Waals surface area contributed by atoms with Crippen LogP contribution in [0.3, 0.4) is 0 Å². The van der Waals surface area contributed by atoms with Gasteiger partial charge in [-0.2, -0.15) is 0 Å². The fraction of sp³-hybridized carbons (Fsp3) is 0.120. The number of hydrogen-bond acceptors (Lipinski definition) is 6. The Morgan fingerprint density at radius 3 is 1.84 bits per heavy atom. The van der Waals surface area contributed by atoms with E-state index in [2.05, 4.69) is 0 Å². The van der Waals surface area contributed by atoms with Gasteiger partial charge >= 0.3 is 11.9 Å². The van der Waals surface area contributed by atoms with Crippen molar-refractivity contribution in [3.05, 3.63) is 89.5 Å². The first kappa shape index (κ1) is 21.0. The highest BCUT2D eigenvalue weighted by Crippen LogP contribution is 2.24. The Bertz CT molecular complexity index is 1160. The predicted molar refractivity (Wildman–Crippen MR) is 115 cm³/mol. The second-order valence-corrected chi connectivity index (χ2v) is 7.14. The van der Waals surface area contributed by atoms with Gasteiger partial charge in [-0.15, -0.1) is 0 Å². The first-order valence-electron chi connectivity index (χ1n) is 9.95. The number of esters is 2. The lowest BCUT2D eigenvalue weighted by atomic mass is 10.0. The van der Waals surface area contributed by atoms with Crippen LogP contribution in [0.2, 0.25) is 0 Å². The van der Waals surface area contributed by atoms with Crippen molar-refractivity contribution >= 4 is 23.8 Å². The molecule has 4 rings (SSSR count). The van der Waals surface area contributed by atoms with Crippen molar-refractivity contribution in [3.8, 4) is 16.9 Å². The van der Waals surface area contributed by atoms with Crippen LogP contribution in [0.15, 0.2) is 72.8 Å². The molecule has 3 aromatic rings. The number of benzene rings is 3. The van der Waals surface area contributed by atoms with Gasteiger partial charge in [0.05, 0.1) is 23.2 Å². The summed E-state index contributed by atoms with van der Waals surface area (Å²) in [4.78, 5) is 49.1. The summed E-state index contributed by atoms with van der Waals surface area (Å²) in [6.07, 6.45) is 0. The number of fused-ring (bicyclic) bond motifs is 1. The maximum atomic E-state index is 12.3. The zero-order chi connectivity index (χ0) is 22.7. The van der Waals surface area contributed by atoms with Gasteiger partial charge in [-0.1, -0.05) is 36.4 Å². The van der Waals surface area contributed by atoms with E-state index >= 15 is 0 Å². The van der Waals surface area contributed by atoms with Crippen molar-refractivity contribution in [3.63, 3.8) is 0 Å². The molecule has 1 heterocycles. The Balaban J connectivity index is 1.33. The average Bonchev–Trinajstić information content (AvgIpc) is 3.04. The van der Waals surface area contributed by atoms with Crippen molar-refractivity contribution < 1.29 is 28.7 Å². The lowest BCUT2D eigenvalue weighted by Gasteiger charge is -2.14. The molecule has 1 aliphatic heterocycles. The van der Waals surface area contributed by atoms with Gasteiger partial charge in [-0.25, -0.2) is 4.79 Å². The molecule has 7 nitrogen and oxygen atoms in total. The minimum absolute atomic E-state index is 0.00907. The molecular formula is C25H19NO6. The molecule has 0 aromatic heterocycles. The van der Waals surface area contributed by atoms with E-state index in [1.807, 2.05) is 12.1 Å². The van der Waals surface area contributed by atoms with Crippen molar-refractivity contribution in [1.29, 1.82) is 0 Å². The number of ether oxygens (including phenoxy) is 2. The zero-order valence-electron chi connectivity index (χ0n) is 17.2. The Kier molecular flexibility index (Phi) is 5.81. The van der Waals surface area contributed by atoms with E-state index < -0.39 is 5.97 Å². The number of nitrogens with zero attached hydrogens (tertiary/aromatic N) is 1. The van der Waals surface area contributed by atoms with Gasteiger partial charge in [0, 0.05) is 6.92 Å². The molecule has 7 heteroatoms. The smallest absolute Gasteiger partial charge is 0.338 e. The third-order valence-electron chi connectivity index (χ3n) is 5.00. The molecular weight excluding hydrogens is 410 g/mol. The lowest BCUT2D eigenvalue weighted by molar-refractivity contribution is -0.131. The van der Waals surface area contributed by atoms with Crippen LogP contribution in [0.5, 0.6) is 5.75 Å². The van der Waals surface area contributed by atoms with Gasteiger partial charge in [-0.3, -0.25) is 19.3 Å².